The van der Waals surface area contributed by atoms with E-state index in [1.54, 1.807) is 0 Å². The molecule has 1 aromatic heterocycles. The first-order valence-electron chi connectivity index (χ1n) is 9.74. The van der Waals surface area contributed by atoms with Gasteiger partial charge < -0.3 is 10.2 Å². The standard InChI is InChI=1S/C21H26N4O2/c1-13-20(14(2)24-23-13)18-8-5-11-25(18)19(26)10-9-16-12-15-6-3-4-7-17(15)22-21(16)27/h3-4,6-7,16,18H,5,8-12H2,1-2H3,(H,22,27)(H,23,24). The molecule has 142 valence electrons. The van der Waals surface area contributed by atoms with E-state index in [1.807, 2.05) is 43.0 Å². The van der Waals surface area contributed by atoms with Crippen LogP contribution in [0.1, 0.15) is 54.2 Å². The highest BCUT2D eigenvalue weighted by molar-refractivity contribution is 5.96. The van der Waals surface area contributed by atoms with Crippen molar-refractivity contribution in [1.82, 2.24) is 15.1 Å². The van der Waals surface area contributed by atoms with E-state index in [-0.39, 0.29) is 23.8 Å². The highest BCUT2D eigenvalue weighted by Crippen LogP contribution is 2.36. The number of carbonyl (C=O) groups is 2. The fraction of sp³-hybridized carbons (Fsp3) is 0.476. The summed E-state index contributed by atoms with van der Waals surface area (Å²) in [5, 5.41) is 10.3. The van der Waals surface area contributed by atoms with Gasteiger partial charge in [0.2, 0.25) is 11.8 Å². The highest BCUT2D eigenvalue weighted by Gasteiger charge is 2.34. The summed E-state index contributed by atoms with van der Waals surface area (Å²) in [6, 6.07) is 8.00. The third kappa shape index (κ3) is 3.36. The lowest BCUT2D eigenvalue weighted by atomic mass is 9.89. The minimum atomic E-state index is -0.137. The van der Waals surface area contributed by atoms with Gasteiger partial charge in [-0.25, -0.2) is 0 Å². The topological polar surface area (TPSA) is 78.1 Å². The zero-order valence-corrected chi connectivity index (χ0v) is 15.9. The number of benzene rings is 1. The quantitative estimate of drug-likeness (QED) is 0.872. The number of rotatable bonds is 4. The van der Waals surface area contributed by atoms with Gasteiger partial charge in [-0.1, -0.05) is 18.2 Å². The molecule has 2 aliphatic heterocycles. The Hall–Kier alpha value is -2.63. The summed E-state index contributed by atoms with van der Waals surface area (Å²) in [7, 11) is 0. The first-order chi connectivity index (χ1) is 13.0. The fourth-order valence-electron chi connectivity index (χ4n) is 4.50. The Labute approximate surface area is 159 Å². The van der Waals surface area contributed by atoms with Gasteiger partial charge in [0.15, 0.2) is 0 Å². The SMILES string of the molecule is Cc1n[nH]c(C)c1C1CCCN1C(=O)CCC1Cc2ccccc2NC1=O. The number of hydrogen-bond donors (Lipinski definition) is 2. The number of aromatic nitrogens is 2. The second-order valence-electron chi connectivity index (χ2n) is 7.68. The zero-order valence-electron chi connectivity index (χ0n) is 15.9. The maximum atomic E-state index is 12.9. The second kappa shape index (κ2) is 7.18. The third-order valence-electron chi connectivity index (χ3n) is 5.91. The number of aromatic amines is 1. The first-order valence-corrected chi connectivity index (χ1v) is 9.74. The number of anilines is 1. The van der Waals surface area contributed by atoms with Crippen LogP contribution in [-0.2, 0) is 16.0 Å². The van der Waals surface area contributed by atoms with Gasteiger partial charge in [0.25, 0.3) is 0 Å². The zero-order chi connectivity index (χ0) is 19.0. The number of likely N-dealkylation sites (tertiary alicyclic amines) is 1. The van der Waals surface area contributed by atoms with Crippen LogP contribution in [0.5, 0.6) is 0 Å². The summed E-state index contributed by atoms with van der Waals surface area (Å²) in [5.74, 6) is 0.0347. The minimum Gasteiger partial charge on any atom is -0.336 e. The van der Waals surface area contributed by atoms with Crippen molar-refractivity contribution in [3.8, 4) is 0 Å². The molecule has 2 aromatic rings. The monoisotopic (exact) mass is 366 g/mol. The molecule has 2 unspecified atom stereocenters. The number of hydrogen-bond acceptors (Lipinski definition) is 3. The predicted octanol–water partition coefficient (Wildman–Crippen LogP) is 3.28. The fourth-order valence-corrected chi connectivity index (χ4v) is 4.50. The molecule has 0 saturated carbocycles. The van der Waals surface area contributed by atoms with Gasteiger partial charge in [0.05, 0.1) is 11.7 Å². The Morgan fingerprint density at radius 1 is 1.30 bits per heavy atom. The van der Waals surface area contributed by atoms with Crippen molar-refractivity contribution < 1.29 is 9.59 Å². The highest BCUT2D eigenvalue weighted by atomic mass is 16.2. The lowest BCUT2D eigenvalue weighted by Gasteiger charge is -2.27. The molecule has 1 fully saturated rings. The first kappa shape index (κ1) is 17.8. The van der Waals surface area contributed by atoms with Crippen LogP contribution in [0.3, 0.4) is 0 Å². The molecule has 0 radical (unpaired) electrons. The lowest BCUT2D eigenvalue weighted by molar-refractivity contribution is -0.132. The van der Waals surface area contributed by atoms with E-state index in [0.717, 1.165) is 47.6 Å². The lowest BCUT2D eigenvalue weighted by Crippen LogP contribution is -2.34. The van der Waals surface area contributed by atoms with Crippen LogP contribution < -0.4 is 5.32 Å². The molecular weight excluding hydrogens is 340 g/mol. The summed E-state index contributed by atoms with van der Waals surface area (Å²) in [4.78, 5) is 27.3. The number of H-pyrrole nitrogens is 1. The van der Waals surface area contributed by atoms with Gasteiger partial charge in [-0.05, 0) is 51.2 Å². The van der Waals surface area contributed by atoms with E-state index >= 15 is 0 Å². The van der Waals surface area contributed by atoms with Gasteiger partial charge in [-0.2, -0.15) is 5.10 Å². The van der Waals surface area contributed by atoms with Crippen LogP contribution >= 0.6 is 0 Å². The van der Waals surface area contributed by atoms with Crippen molar-refractivity contribution in [3.63, 3.8) is 0 Å². The van der Waals surface area contributed by atoms with Gasteiger partial charge in [-0.3, -0.25) is 14.7 Å². The van der Waals surface area contributed by atoms with Gasteiger partial charge in [0.1, 0.15) is 0 Å². The number of nitrogens with zero attached hydrogens (tertiary/aromatic N) is 2. The molecule has 3 heterocycles. The van der Waals surface area contributed by atoms with Gasteiger partial charge in [-0.15, -0.1) is 0 Å². The van der Waals surface area contributed by atoms with E-state index < -0.39 is 0 Å². The van der Waals surface area contributed by atoms with Crippen LogP contribution in [0, 0.1) is 19.8 Å². The number of fused-ring (bicyclic) bond motifs is 1. The molecule has 2 N–H and O–H groups in total. The normalized spacial score (nSPS) is 21.9. The number of para-hydroxylation sites is 1. The average Bonchev–Trinajstić information content (AvgIpc) is 3.26. The van der Waals surface area contributed by atoms with E-state index in [9.17, 15) is 9.59 Å². The maximum absolute atomic E-state index is 12.9. The Bertz CT molecular complexity index is 853. The predicted molar refractivity (Wildman–Crippen MR) is 103 cm³/mol. The molecular formula is C21H26N4O2. The summed E-state index contributed by atoms with van der Waals surface area (Å²) < 4.78 is 0. The van der Waals surface area contributed by atoms with Gasteiger partial charge >= 0.3 is 0 Å². The molecule has 2 amide bonds. The molecule has 1 saturated heterocycles. The Kier molecular flexibility index (Phi) is 4.72. The number of nitrogens with one attached hydrogen (secondary N) is 2. The summed E-state index contributed by atoms with van der Waals surface area (Å²) in [5.41, 5.74) is 5.22. The molecule has 1 aromatic carbocycles. The van der Waals surface area contributed by atoms with Crippen LogP contribution in [0.2, 0.25) is 0 Å². The second-order valence-corrected chi connectivity index (χ2v) is 7.68. The minimum absolute atomic E-state index is 0.0287. The van der Waals surface area contributed by atoms with Crippen LogP contribution in [-0.4, -0.2) is 33.5 Å². The molecule has 2 aliphatic rings. The Morgan fingerprint density at radius 3 is 2.89 bits per heavy atom. The molecule has 4 rings (SSSR count). The third-order valence-corrected chi connectivity index (χ3v) is 5.91. The van der Waals surface area contributed by atoms with Gasteiger partial charge in [0, 0.05) is 35.8 Å². The maximum Gasteiger partial charge on any atom is 0.227 e. The van der Waals surface area contributed by atoms with E-state index in [1.165, 1.54) is 0 Å². The van der Waals surface area contributed by atoms with Crippen molar-refractivity contribution in [1.29, 1.82) is 0 Å². The molecule has 0 aliphatic carbocycles. The van der Waals surface area contributed by atoms with Crippen LogP contribution in [0.15, 0.2) is 24.3 Å². The van der Waals surface area contributed by atoms with Crippen LogP contribution in [0.4, 0.5) is 5.69 Å². The summed E-state index contributed by atoms with van der Waals surface area (Å²) in [6.07, 6.45) is 3.69. The van der Waals surface area contributed by atoms with Crippen molar-refractivity contribution in [2.24, 2.45) is 5.92 Å². The molecule has 0 bridgehead atoms. The summed E-state index contributed by atoms with van der Waals surface area (Å²) >= 11 is 0. The van der Waals surface area contributed by atoms with E-state index in [4.69, 9.17) is 0 Å². The molecule has 0 spiro atoms. The largest absolute Gasteiger partial charge is 0.336 e. The Morgan fingerprint density at radius 2 is 2.11 bits per heavy atom. The van der Waals surface area contributed by atoms with Crippen molar-refractivity contribution in [3.05, 3.63) is 46.8 Å². The number of amides is 2. The van der Waals surface area contributed by atoms with E-state index in [2.05, 4.69) is 15.5 Å². The molecule has 27 heavy (non-hydrogen) atoms. The van der Waals surface area contributed by atoms with Crippen molar-refractivity contribution in [2.75, 3.05) is 11.9 Å². The smallest absolute Gasteiger partial charge is 0.227 e. The Balaban J connectivity index is 1.41. The van der Waals surface area contributed by atoms with Crippen LogP contribution in [0.25, 0.3) is 0 Å². The van der Waals surface area contributed by atoms with Crippen molar-refractivity contribution in [2.45, 2.75) is 52.0 Å². The summed E-state index contributed by atoms with van der Waals surface area (Å²) in [6.45, 7) is 4.79. The van der Waals surface area contributed by atoms with E-state index in [0.29, 0.717) is 19.3 Å². The number of carbonyl (C=O) groups excluding carboxylic acids is 2. The molecule has 2 atom stereocenters. The van der Waals surface area contributed by atoms with Crippen molar-refractivity contribution >= 4 is 17.5 Å². The number of aryl methyl sites for hydroxylation is 2. The molecule has 6 nitrogen and oxygen atoms in total. The average molecular weight is 366 g/mol. The molecule has 6 heteroatoms.